The molecule has 0 bridgehead atoms. The Bertz CT molecular complexity index is 646. The number of hydrogen-bond donors (Lipinski definition) is 1. The molecule has 110 valence electrons. The Morgan fingerprint density at radius 2 is 2.05 bits per heavy atom. The molecule has 1 atom stereocenters. The van der Waals surface area contributed by atoms with E-state index in [1.807, 2.05) is 12.1 Å². The first-order chi connectivity index (χ1) is 10.4. The SMILES string of the molecule is OCC(c1ccco1)n1cc(COCc2ccco2)nn1. The molecule has 0 amide bonds. The van der Waals surface area contributed by atoms with Crippen LogP contribution in [-0.4, -0.2) is 26.7 Å². The molecule has 0 radical (unpaired) electrons. The fourth-order valence-corrected chi connectivity index (χ4v) is 1.97. The van der Waals surface area contributed by atoms with Crippen molar-refractivity contribution in [2.75, 3.05) is 6.61 Å². The molecule has 0 aromatic carbocycles. The van der Waals surface area contributed by atoms with Gasteiger partial charge in [-0.2, -0.15) is 0 Å². The molecule has 0 fully saturated rings. The first-order valence-corrected chi connectivity index (χ1v) is 6.52. The van der Waals surface area contributed by atoms with Gasteiger partial charge in [0.2, 0.25) is 0 Å². The van der Waals surface area contributed by atoms with Gasteiger partial charge in [0.15, 0.2) is 0 Å². The predicted molar refractivity (Wildman–Crippen MR) is 71.2 cm³/mol. The number of aliphatic hydroxyl groups excluding tert-OH is 1. The molecule has 21 heavy (non-hydrogen) atoms. The number of ether oxygens (including phenoxy) is 1. The molecule has 0 aliphatic rings. The number of nitrogens with zero attached hydrogens (tertiary/aromatic N) is 3. The predicted octanol–water partition coefficient (Wildman–Crippen LogP) is 1.76. The molecule has 7 heteroatoms. The maximum absolute atomic E-state index is 9.47. The Hall–Kier alpha value is -2.38. The van der Waals surface area contributed by atoms with E-state index in [0.717, 1.165) is 5.76 Å². The minimum atomic E-state index is -0.383. The number of aliphatic hydroxyl groups is 1. The molecule has 0 aliphatic carbocycles. The van der Waals surface area contributed by atoms with E-state index in [4.69, 9.17) is 13.6 Å². The molecule has 3 aromatic heterocycles. The second-order valence-corrected chi connectivity index (χ2v) is 4.48. The molecular weight excluding hydrogens is 274 g/mol. The third-order valence-electron chi connectivity index (χ3n) is 3.00. The number of hydrogen-bond acceptors (Lipinski definition) is 6. The Labute approximate surface area is 120 Å². The highest BCUT2D eigenvalue weighted by Gasteiger charge is 2.17. The summed E-state index contributed by atoms with van der Waals surface area (Å²) in [5.74, 6) is 1.39. The first-order valence-electron chi connectivity index (χ1n) is 6.52. The highest BCUT2D eigenvalue weighted by atomic mass is 16.5. The van der Waals surface area contributed by atoms with Crippen LogP contribution in [0.3, 0.4) is 0 Å². The van der Waals surface area contributed by atoms with Crippen LogP contribution >= 0.6 is 0 Å². The van der Waals surface area contributed by atoms with Gasteiger partial charge in [-0.05, 0) is 24.3 Å². The highest BCUT2D eigenvalue weighted by Crippen LogP contribution is 2.17. The highest BCUT2D eigenvalue weighted by molar-refractivity contribution is 5.06. The maximum Gasteiger partial charge on any atom is 0.134 e. The minimum Gasteiger partial charge on any atom is -0.467 e. The van der Waals surface area contributed by atoms with Crippen molar-refractivity contribution in [1.82, 2.24) is 15.0 Å². The second-order valence-electron chi connectivity index (χ2n) is 4.48. The standard InChI is InChI=1S/C14H15N3O4/c18-8-13(14-4-2-6-21-14)17-7-11(15-16-17)9-19-10-12-3-1-5-20-12/h1-7,13,18H,8-10H2. The van der Waals surface area contributed by atoms with Gasteiger partial charge in [-0.1, -0.05) is 5.21 Å². The largest absolute Gasteiger partial charge is 0.467 e. The molecule has 0 spiro atoms. The summed E-state index contributed by atoms with van der Waals surface area (Å²) in [5, 5.41) is 17.5. The monoisotopic (exact) mass is 289 g/mol. The Kier molecular flexibility index (Phi) is 4.13. The van der Waals surface area contributed by atoms with Gasteiger partial charge in [0.05, 0.1) is 31.9 Å². The lowest BCUT2D eigenvalue weighted by atomic mass is 10.2. The fraction of sp³-hybridized carbons (Fsp3) is 0.286. The Morgan fingerprint density at radius 3 is 2.76 bits per heavy atom. The van der Waals surface area contributed by atoms with E-state index in [0.29, 0.717) is 24.7 Å². The van der Waals surface area contributed by atoms with Gasteiger partial charge >= 0.3 is 0 Å². The van der Waals surface area contributed by atoms with Gasteiger partial charge in [0.25, 0.3) is 0 Å². The van der Waals surface area contributed by atoms with Crippen molar-refractivity contribution in [2.45, 2.75) is 19.3 Å². The quantitative estimate of drug-likeness (QED) is 0.713. The van der Waals surface area contributed by atoms with Crippen molar-refractivity contribution in [3.05, 3.63) is 60.2 Å². The van der Waals surface area contributed by atoms with Gasteiger partial charge in [0.1, 0.15) is 29.9 Å². The number of aromatic nitrogens is 3. The molecule has 1 unspecified atom stereocenters. The van der Waals surface area contributed by atoms with Gasteiger partial charge in [-0.3, -0.25) is 0 Å². The normalized spacial score (nSPS) is 12.6. The van der Waals surface area contributed by atoms with Crippen LogP contribution in [0, 0.1) is 0 Å². The van der Waals surface area contributed by atoms with E-state index >= 15 is 0 Å². The average Bonchev–Trinajstić information content (AvgIpc) is 3.21. The Balaban J connectivity index is 1.60. The van der Waals surface area contributed by atoms with Crippen LogP contribution < -0.4 is 0 Å². The van der Waals surface area contributed by atoms with Gasteiger partial charge in [-0.25, -0.2) is 4.68 Å². The van der Waals surface area contributed by atoms with Crippen molar-refractivity contribution in [1.29, 1.82) is 0 Å². The van der Waals surface area contributed by atoms with Crippen molar-refractivity contribution in [2.24, 2.45) is 0 Å². The summed E-state index contributed by atoms with van der Waals surface area (Å²) in [4.78, 5) is 0. The van der Waals surface area contributed by atoms with Crippen LogP contribution in [0.15, 0.2) is 51.8 Å². The fourth-order valence-electron chi connectivity index (χ4n) is 1.97. The van der Waals surface area contributed by atoms with E-state index in [1.165, 1.54) is 0 Å². The molecule has 0 saturated heterocycles. The number of furan rings is 2. The molecule has 0 aliphatic heterocycles. The van der Waals surface area contributed by atoms with Crippen LogP contribution in [-0.2, 0) is 18.0 Å². The summed E-state index contributed by atoms with van der Waals surface area (Å²) < 4.78 is 17.5. The third kappa shape index (κ3) is 3.21. The van der Waals surface area contributed by atoms with Crippen molar-refractivity contribution in [3.8, 4) is 0 Å². The van der Waals surface area contributed by atoms with Crippen LogP contribution in [0.25, 0.3) is 0 Å². The lowest BCUT2D eigenvalue weighted by Gasteiger charge is -2.10. The smallest absolute Gasteiger partial charge is 0.134 e. The molecular formula is C14H15N3O4. The summed E-state index contributed by atoms with van der Waals surface area (Å²) in [5.41, 5.74) is 0.673. The lowest BCUT2D eigenvalue weighted by molar-refractivity contribution is 0.0905. The topological polar surface area (TPSA) is 86.5 Å². The molecule has 7 nitrogen and oxygen atoms in total. The lowest BCUT2D eigenvalue weighted by Crippen LogP contribution is -2.14. The molecule has 3 rings (SSSR count). The molecule has 0 saturated carbocycles. The maximum atomic E-state index is 9.47. The van der Waals surface area contributed by atoms with Crippen LogP contribution in [0.5, 0.6) is 0 Å². The first kappa shape index (κ1) is 13.6. The van der Waals surface area contributed by atoms with E-state index in [-0.39, 0.29) is 12.6 Å². The van der Waals surface area contributed by atoms with E-state index < -0.39 is 0 Å². The van der Waals surface area contributed by atoms with Crippen molar-refractivity contribution < 1.29 is 18.7 Å². The summed E-state index contributed by atoms with van der Waals surface area (Å²) in [6, 6.07) is 6.82. The van der Waals surface area contributed by atoms with Crippen LogP contribution in [0.1, 0.15) is 23.3 Å². The average molecular weight is 289 g/mol. The van der Waals surface area contributed by atoms with Crippen molar-refractivity contribution >= 4 is 0 Å². The van der Waals surface area contributed by atoms with Gasteiger partial charge in [0, 0.05) is 0 Å². The molecule has 3 heterocycles. The summed E-state index contributed by atoms with van der Waals surface area (Å²) in [7, 11) is 0. The van der Waals surface area contributed by atoms with E-state index in [9.17, 15) is 5.11 Å². The summed E-state index contributed by atoms with van der Waals surface area (Å²) >= 11 is 0. The zero-order chi connectivity index (χ0) is 14.5. The second kappa shape index (κ2) is 6.38. The number of rotatable bonds is 7. The third-order valence-corrected chi connectivity index (χ3v) is 3.00. The Morgan fingerprint density at radius 1 is 1.19 bits per heavy atom. The molecule has 1 N–H and O–H groups in total. The van der Waals surface area contributed by atoms with Crippen molar-refractivity contribution in [3.63, 3.8) is 0 Å². The molecule has 3 aromatic rings. The van der Waals surface area contributed by atoms with E-state index in [2.05, 4.69) is 10.3 Å². The minimum absolute atomic E-state index is 0.121. The summed E-state index contributed by atoms with van der Waals surface area (Å²) in [6.45, 7) is 0.571. The van der Waals surface area contributed by atoms with Gasteiger partial charge in [-0.15, -0.1) is 5.10 Å². The van der Waals surface area contributed by atoms with Crippen LogP contribution in [0.4, 0.5) is 0 Å². The van der Waals surface area contributed by atoms with Crippen LogP contribution in [0.2, 0.25) is 0 Å². The zero-order valence-electron chi connectivity index (χ0n) is 11.3. The van der Waals surface area contributed by atoms with E-state index in [1.54, 1.807) is 35.5 Å². The zero-order valence-corrected chi connectivity index (χ0v) is 11.3. The van der Waals surface area contributed by atoms with Gasteiger partial charge < -0.3 is 18.7 Å². The summed E-state index contributed by atoms with van der Waals surface area (Å²) in [6.07, 6.45) is 4.89.